The first kappa shape index (κ1) is 19.7. The van der Waals surface area contributed by atoms with E-state index in [4.69, 9.17) is 5.10 Å². The fraction of sp³-hybridized carbons (Fsp3) is 0.625. The number of aromatic nitrogens is 2. The highest BCUT2D eigenvalue weighted by atomic mass is 15.3. The number of nitrogens with zero attached hydrogens (tertiary/aromatic N) is 4. The molecule has 0 saturated carbocycles. The van der Waals surface area contributed by atoms with E-state index in [1.54, 1.807) is 0 Å². The molecule has 3 aliphatic rings. The summed E-state index contributed by atoms with van der Waals surface area (Å²) in [6.07, 6.45) is 5.23. The van der Waals surface area contributed by atoms with Crippen molar-refractivity contribution in [3.63, 3.8) is 0 Å². The lowest BCUT2D eigenvalue weighted by Gasteiger charge is -2.36. The molecule has 0 amide bonds. The predicted octanol–water partition coefficient (Wildman–Crippen LogP) is 4.05. The zero-order chi connectivity index (χ0) is 19.5. The summed E-state index contributed by atoms with van der Waals surface area (Å²) in [5, 5.41) is 4.74. The number of fused-ring (bicyclic) bond motifs is 4. The lowest BCUT2D eigenvalue weighted by atomic mass is 9.94. The molecule has 3 fully saturated rings. The molecule has 0 aliphatic carbocycles. The lowest BCUT2D eigenvalue weighted by Crippen LogP contribution is -2.43. The van der Waals surface area contributed by atoms with E-state index in [-0.39, 0.29) is 0 Å². The lowest BCUT2D eigenvalue weighted by molar-refractivity contribution is 0.123. The Hall–Kier alpha value is -1.65. The van der Waals surface area contributed by atoms with E-state index < -0.39 is 0 Å². The van der Waals surface area contributed by atoms with Gasteiger partial charge in [-0.3, -0.25) is 9.58 Å². The van der Waals surface area contributed by atoms with Crippen LogP contribution in [-0.2, 0) is 19.5 Å². The van der Waals surface area contributed by atoms with Gasteiger partial charge in [-0.2, -0.15) is 5.10 Å². The molecule has 0 spiro atoms. The van der Waals surface area contributed by atoms with E-state index in [1.165, 1.54) is 74.4 Å². The molecule has 3 saturated heterocycles. The Kier molecular flexibility index (Phi) is 6.17. The summed E-state index contributed by atoms with van der Waals surface area (Å²) in [5.41, 5.74) is 5.52. The van der Waals surface area contributed by atoms with Gasteiger partial charge >= 0.3 is 0 Å². The monoisotopic (exact) mass is 380 g/mol. The van der Waals surface area contributed by atoms with Gasteiger partial charge in [0.25, 0.3) is 0 Å². The molecule has 0 N–H and O–H groups in total. The molecule has 3 aliphatic heterocycles. The number of hydrogen-bond donors (Lipinski definition) is 0. The molecule has 5 rings (SSSR count). The molecule has 1 aromatic heterocycles. The Morgan fingerprint density at radius 2 is 1.86 bits per heavy atom. The summed E-state index contributed by atoms with van der Waals surface area (Å²) in [5.74, 6) is 0.831. The van der Waals surface area contributed by atoms with Gasteiger partial charge in [0.05, 0.1) is 5.69 Å². The molecule has 4 heteroatoms. The van der Waals surface area contributed by atoms with Crippen molar-refractivity contribution in [2.24, 2.45) is 5.92 Å². The number of rotatable bonds is 7. The average molecular weight is 381 g/mol. The summed E-state index contributed by atoms with van der Waals surface area (Å²) < 4.78 is 2.16. The zero-order valence-electron chi connectivity index (χ0n) is 17.9. The van der Waals surface area contributed by atoms with E-state index in [2.05, 4.69) is 65.6 Å². The first-order valence-electron chi connectivity index (χ1n) is 11.2. The van der Waals surface area contributed by atoms with Crippen molar-refractivity contribution < 1.29 is 0 Å². The second-order valence-electron chi connectivity index (χ2n) is 8.84. The Bertz CT molecular complexity index is 766. The minimum Gasteiger partial charge on any atom is -0.301 e. The molecule has 4 nitrogen and oxygen atoms in total. The largest absolute Gasteiger partial charge is 0.301 e. The van der Waals surface area contributed by atoms with Crippen LogP contribution in [0.3, 0.4) is 0 Å². The third kappa shape index (κ3) is 4.33. The number of aryl methyl sites for hydroxylation is 3. The Labute approximate surface area is 170 Å². The number of benzene rings is 1. The fourth-order valence-corrected chi connectivity index (χ4v) is 5.28. The van der Waals surface area contributed by atoms with Gasteiger partial charge in [-0.15, -0.1) is 0 Å². The molecule has 28 heavy (non-hydrogen) atoms. The SMILES string of the molecule is CCn1nc(C)c(CN2C[C@H]3CC[C@@H]2CN(CCCc2ccccc2)C3)c1C. The molecule has 0 radical (unpaired) electrons. The van der Waals surface area contributed by atoms with Gasteiger partial charge in [0.2, 0.25) is 0 Å². The van der Waals surface area contributed by atoms with Crippen molar-refractivity contribution in [3.8, 4) is 0 Å². The zero-order valence-corrected chi connectivity index (χ0v) is 17.9. The maximum Gasteiger partial charge on any atom is 0.0641 e. The van der Waals surface area contributed by atoms with Crippen molar-refractivity contribution in [1.29, 1.82) is 0 Å². The minimum absolute atomic E-state index is 0.708. The van der Waals surface area contributed by atoms with Crippen LogP contribution >= 0.6 is 0 Å². The van der Waals surface area contributed by atoms with Crippen LogP contribution in [-0.4, -0.2) is 51.8 Å². The van der Waals surface area contributed by atoms with Crippen LogP contribution in [0.15, 0.2) is 30.3 Å². The molecule has 152 valence electrons. The van der Waals surface area contributed by atoms with Crippen molar-refractivity contribution in [2.75, 3.05) is 26.2 Å². The first-order chi connectivity index (χ1) is 13.6. The van der Waals surface area contributed by atoms with Crippen LogP contribution in [0.1, 0.15) is 48.7 Å². The topological polar surface area (TPSA) is 24.3 Å². The molecule has 2 aromatic rings. The minimum atomic E-state index is 0.708. The Balaban J connectivity index is 1.36. The van der Waals surface area contributed by atoms with Crippen LogP contribution in [0.5, 0.6) is 0 Å². The molecule has 4 heterocycles. The van der Waals surface area contributed by atoms with Gasteiger partial charge in [0, 0.05) is 50.0 Å². The van der Waals surface area contributed by atoms with Crippen molar-refractivity contribution in [2.45, 2.75) is 65.6 Å². The first-order valence-corrected chi connectivity index (χ1v) is 11.2. The highest BCUT2D eigenvalue weighted by molar-refractivity contribution is 5.24. The van der Waals surface area contributed by atoms with Gasteiger partial charge in [-0.1, -0.05) is 30.3 Å². The molecule has 2 atom stereocenters. The summed E-state index contributed by atoms with van der Waals surface area (Å²) in [4.78, 5) is 5.52. The van der Waals surface area contributed by atoms with E-state index in [1.807, 2.05) is 0 Å². The van der Waals surface area contributed by atoms with Gasteiger partial charge < -0.3 is 4.90 Å². The van der Waals surface area contributed by atoms with Crippen molar-refractivity contribution in [1.82, 2.24) is 19.6 Å². The quantitative estimate of drug-likeness (QED) is 0.724. The van der Waals surface area contributed by atoms with Crippen LogP contribution in [0.2, 0.25) is 0 Å². The predicted molar refractivity (Wildman–Crippen MR) is 116 cm³/mol. The van der Waals surface area contributed by atoms with Crippen LogP contribution in [0, 0.1) is 19.8 Å². The molecule has 2 bridgehead atoms. The van der Waals surface area contributed by atoms with Crippen molar-refractivity contribution >= 4 is 0 Å². The maximum atomic E-state index is 4.74. The van der Waals surface area contributed by atoms with Gasteiger partial charge in [-0.25, -0.2) is 0 Å². The number of piperidine rings is 1. The van der Waals surface area contributed by atoms with E-state index in [9.17, 15) is 0 Å². The van der Waals surface area contributed by atoms with Gasteiger partial charge in [0.15, 0.2) is 0 Å². The maximum absolute atomic E-state index is 4.74. The second kappa shape index (κ2) is 8.79. The van der Waals surface area contributed by atoms with Gasteiger partial charge in [-0.05, 0) is 64.5 Å². The summed E-state index contributed by atoms with van der Waals surface area (Å²) in [7, 11) is 0. The van der Waals surface area contributed by atoms with E-state index >= 15 is 0 Å². The van der Waals surface area contributed by atoms with E-state index in [0.717, 1.165) is 19.0 Å². The van der Waals surface area contributed by atoms with Crippen molar-refractivity contribution in [3.05, 3.63) is 52.8 Å². The molecule has 0 unspecified atom stereocenters. The third-order valence-electron chi connectivity index (χ3n) is 6.88. The highest BCUT2D eigenvalue weighted by Gasteiger charge is 2.35. The smallest absolute Gasteiger partial charge is 0.0641 e. The molecular formula is C24H36N4. The summed E-state index contributed by atoms with van der Waals surface area (Å²) in [6.45, 7) is 13.7. The van der Waals surface area contributed by atoms with Gasteiger partial charge in [0.1, 0.15) is 0 Å². The number of hydrogen-bond acceptors (Lipinski definition) is 3. The summed E-state index contributed by atoms with van der Waals surface area (Å²) in [6, 6.07) is 11.6. The third-order valence-corrected chi connectivity index (χ3v) is 6.88. The normalized spacial score (nSPS) is 23.2. The fourth-order valence-electron chi connectivity index (χ4n) is 5.28. The Morgan fingerprint density at radius 3 is 2.61 bits per heavy atom. The van der Waals surface area contributed by atoms with Crippen LogP contribution in [0.25, 0.3) is 0 Å². The standard InChI is InChI=1S/C24H36N4/c1-4-28-20(3)24(19(2)25-28)18-27-16-22-12-13-23(27)17-26(15-22)14-8-11-21-9-6-5-7-10-21/h5-7,9-10,22-23H,4,8,11-18H2,1-3H3/t22-,23+/m0/s1. The average Bonchev–Trinajstić information content (AvgIpc) is 2.87. The molecule has 1 aromatic carbocycles. The van der Waals surface area contributed by atoms with E-state index in [0.29, 0.717) is 6.04 Å². The molecular weight excluding hydrogens is 344 g/mol. The highest BCUT2D eigenvalue weighted by Crippen LogP contribution is 2.30. The second-order valence-corrected chi connectivity index (χ2v) is 8.84. The Morgan fingerprint density at radius 1 is 1.04 bits per heavy atom. The summed E-state index contributed by atoms with van der Waals surface area (Å²) >= 11 is 0. The van der Waals surface area contributed by atoms with Crippen LogP contribution < -0.4 is 0 Å². The van der Waals surface area contributed by atoms with Crippen LogP contribution in [0.4, 0.5) is 0 Å².